The summed E-state index contributed by atoms with van der Waals surface area (Å²) >= 11 is 3.57. The van der Waals surface area contributed by atoms with E-state index in [1.54, 1.807) is 0 Å². The minimum atomic E-state index is 1.11. The van der Waals surface area contributed by atoms with Crippen molar-refractivity contribution in [3.8, 4) is 11.1 Å². The van der Waals surface area contributed by atoms with Crippen LogP contribution >= 0.6 is 15.9 Å². The first-order valence-corrected chi connectivity index (χ1v) is 10.6. The van der Waals surface area contributed by atoms with Crippen LogP contribution in [-0.4, -0.2) is 0 Å². The molecule has 6 rings (SSSR count). The molecule has 0 radical (unpaired) electrons. The van der Waals surface area contributed by atoms with Crippen LogP contribution in [0.3, 0.4) is 0 Å². The number of fused-ring (bicyclic) bond motifs is 7. The molecule has 0 unspecified atom stereocenters. The lowest BCUT2D eigenvalue weighted by Crippen LogP contribution is -1.85. The van der Waals surface area contributed by atoms with Gasteiger partial charge in [0.15, 0.2) is 0 Å². The molecule has 6 aromatic carbocycles. The minimum Gasteiger partial charge on any atom is -0.0616 e. The van der Waals surface area contributed by atoms with Crippen LogP contribution in [0.2, 0.25) is 0 Å². The van der Waals surface area contributed by atoms with E-state index < -0.39 is 0 Å². The van der Waals surface area contributed by atoms with E-state index >= 15 is 0 Å². The summed E-state index contributed by atoms with van der Waals surface area (Å²) in [4.78, 5) is 0. The molecular formula is C28H17Br. The topological polar surface area (TPSA) is 0 Å². The van der Waals surface area contributed by atoms with Crippen LogP contribution in [0.4, 0.5) is 0 Å². The summed E-state index contributed by atoms with van der Waals surface area (Å²) in [6.07, 6.45) is 0. The van der Waals surface area contributed by atoms with Gasteiger partial charge in [-0.05, 0) is 78.5 Å². The first-order valence-electron chi connectivity index (χ1n) is 9.81. The molecule has 136 valence electrons. The molecule has 0 amide bonds. The maximum atomic E-state index is 3.57. The van der Waals surface area contributed by atoms with E-state index in [-0.39, 0.29) is 0 Å². The van der Waals surface area contributed by atoms with Crippen molar-refractivity contribution < 1.29 is 0 Å². The smallest absolute Gasteiger partial charge is 0.0181 e. The molecule has 0 atom stereocenters. The van der Waals surface area contributed by atoms with E-state index in [9.17, 15) is 0 Å². The number of hydrogen-bond donors (Lipinski definition) is 0. The quantitative estimate of drug-likeness (QED) is 0.228. The van der Waals surface area contributed by atoms with Crippen molar-refractivity contribution in [2.24, 2.45) is 0 Å². The van der Waals surface area contributed by atoms with Crippen molar-refractivity contribution >= 4 is 59.0 Å². The maximum absolute atomic E-state index is 3.57. The zero-order chi connectivity index (χ0) is 19.4. The van der Waals surface area contributed by atoms with Gasteiger partial charge in [0, 0.05) is 4.47 Å². The number of hydrogen-bond acceptors (Lipinski definition) is 0. The molecule has 0 aliphatic rings. The van der Waals surface area contributed by atoms with Crippen LogP contribution in [0.5, 0.6) is 0 Å². The fourth-order valence-electron chi connectivity index (χ4n) is 4.48. The molecule has 0 aromatic heterocycles. The van der Waals surface area contributed by atoms with E-state index in [0.717, 1.165) is 4.47 Å². The van der Waals surface area contributed by atoms with Crippen molar-refractivity contribution in [2.75, 3.05) is 0 Å². The molecule has 29 heavy (non-hydrogen) atoms. The third-order valence-electron chi connectivity index (χ3n) is 5.88. The first kappa shape index (κ1) is 16.8. The molecule has 0 fully saturated rings. The van der Waals surface area contributed by atoms with E-state index in [1.165, 1.54) is 54.2 Å². The zero-order valence-corrected chi connectivity index (χ0v) is 17.3. The monoisotopic (exact) mass is 432 g/mol. The summed E-state index contributed by atoms with van der Waals surface area (Å²) < 4.78 is 1.11. The standard InChI is InChI=1S/C28H17Br/c29-22-13-11-19-15-18(9-10-20(19)16-22)21-12-14-27-25-7-2-1-5-23(25)24-6-3-4-8-26(24)28(27)17-21/h1-17H. The lowest BCUT2D eigenvalue weighted by molar-refractivity contribution is 1.67. The Labute approximate surface area is 177 Å². The van der Waals surface area contributed by atoms with Crippen molar-refractivity contribution in [1.29, 1.82) is 0 Å². The zero-order valence-electron chi connectivity index (χ0n) is 15.7. The van der Waals surface area contributed by atoms with Gasteiger partial charge in [0.25, 0.3) is 0 Å². The fourth-order valence-corrected chi connectivity index (χ4v) is 4.86. The molecule has 0 N–H and O–H groups in total. The third kappa shape index (κ3) is 2.66. The predicted molar refractivity (Wildman–Crippen MR) is 130 cm³/mol. The Morgan fingerprint density at radius 2 is 0.862 bits per heavy atom. The lowest BCUT2D eigenvalue weighted by Gasteiger charge is -2.12. The van der Waals surface area contributed by atoms with Gasteiger partial charge in [-0.1, -0.05) is 94.8 Å². The fraction of sp³-hybridized carbons (Fsp3) is 0. The Bertz CT molecular complexity index is 1520. The van der Waals surface area contributed by atoms with Crippen LogP contribution in [0, 0.1) is 0 Å². The lowest BCUT2D eigenvalue weighted by atomic mass is 9.92. The summed E-state index contributed by atoms with van der Waals surface area (Å²) in [5, 5.41) is 10.4. The Balaban J connectivity index is 1.66. The van der Waals surface area contributed by atoms with Crippen molar-refractivity contribution in [3.63, 3.8) is 0 Å². The molecule has 0 saturated carbocycles. The molecule has 6 aromatic rings. The molecule has 0 aliphatic carbocycles. The highest BCUT2D eigenvalue weighted by Gasteiger charge is 2.09. The molecule has 1 heteroatoms. The number of rotatable bonds is 1. The second-order valence-corrected chi connectivity index (χ2v) is 8.47. The minimum absolute atomic E-state index is 1.11. The summed E-state index contributed by atoms with van der Waals surface area (Å²) in [7, 11) is 0. The van der Waals surface area contributed by atoms with Gasteiger partial charge in [0.05, 0.1) is 0 Å². The molecule has 0 spiro atoms. The Kier molecular flexibility index (Phi) is 3.72. The summed E-state index contributed by atoms with van der Waals surface area (Å²) in [6.45, 7) is 0. The SMILES string of the molecule is Brc1ccc2cc(-c3ccc4c5ccccc5c5ccccc5c4c3)ccc2c1. The molecule has 0 nitrogen and oxygen atoms in total. The van der Waals surface area contributed by atoms with Gasteiger partial charge >= 0.3 is 0 Å². The van der Waals surface area contributed by atoms with E-state index in [2.05, 4.69) is 119 Å². The largest absolute Gasteiger partial charge is 0.0616 e. The van der Waals surface area contributed by atoms with Gasteiger partial charge < -0.3 is 0 Å². The summed E-state index contributed by atoms with van der Waals surface area (Å²) in [6, 6.07) is 37.5. The predicted octanol–water partition coefficient (Wildman–Crippen LogP) is 8.73. The van der Waals surface area contributed by atoms with Gasteiger partial charge in [0.1, 0.15) is 0 Å². The van der Waals surface area contributed by atoms with Crippen LogP contribution in [0.25, 0.3) is 54.2 Å². The molecule has 0 saturated heterocycles. The normalized spacial score (nSPS) is 11.6. The molecular weight excluding hydrogens is 416 g/mol. The highest BCUT2D eigenvalue weighted by atomic mass is 79.9. The van der Waals surface area contributed by atoms with Gasteiger partial charge in [-0.15, -0.1) is 0 Å². The van der Waals surface area contributed by atoms with Gasteiger partial charge in [-0.25, -0.2) is 0 Å². The van der Waals surface area contributed by atoms with Crippen molar-refractivity contribution in [2.45, 2.75) is 0 Å². The molecule has 0 heterocycles. The van der Waals surface area contributed by atoms with Gasteiger partial charge in [-0.2, -0.15) is 0 Å². The van der Waals surface area contributed by atoms with Crippen LogP contribution < -0.4 is 0 Å². The summed E-state index contributed by atoms with van der Waals surface area (Å²) in [5.41, 5.74) is 2.50. The van der Waals surface area contributed by atoms with Crippen LogP contribution in [0.1, 0.15) is 0 Å². The number of halogens is 1. The number of benzene rings is 6. The van der Waals surface area contributed by atoms with E-state index in [4.69, 9.17) is 0 Å². The second kappa shape index (κ2) is 6.43. The Morgan fingerprint density at radius 1 is 0.379 bits per heavy atom. The average molecular weight is 433 g/mol. The van der Waals surface area contributed by atoms with Crippen molar-refractivity contribution in [1.82, 2.24) is 0 Å². The van der Waals surface area contributed by atoms with Gasteiger partial charge in [0.2, 0.25) is 0 Å². The van der Waals surface area contributed by atoms with Crippen LogP contribution in [-0.2, 0) is 0 Å². The Hall–Kier alpha value is -3.16. The van der Waals surface area contributed by atoms with E-state index in [1.807, 2.05) is 0 Å². The first-order chi connectivity index (χ1) is 14.3. The van der Waals surface area contributed by atoms with Crippen LogP contribution in [0.15, 0.2) is 108 Å². The van der Waals surface area contributed by atoms with E-state index in [0.29, 0.717) is 0 Å². The maximum Gasteiger partial charge on any atom is 0.0181 e. The Morgan fingerprint density at radius 3 is 1.55 bits per heavy atom. The highest BCUT2D eigenvalue weighted by Crippen LogP contribution is 2.37. The van der Waals surface area contributed by atoms with Crippen molar-refractivity contribution in [3.05, 3.63) is 108 Å². The van der Waals surface area contributed by atoms with Gasteiger partial charge in [-0.3, -0.25) is 0 Å². The molecule has 0 bridgehead atoms. The second-order valence-electron chi connectivity index (χ2n) is 7.56. The average Bonchev–Trinajstić information content (AvgIpc) is 2.78. The molecule has 0 aliphatic heterocycles. The highest BCUT2D eigenvalue weighted by molar-refractivity contribution is 9.10. The third-order valence-corrected chi connectivity index (χ3v) is 6.37. The summed E-state index contributed by atoms with van der Waals surface area (Å²) in [5.74, 6) is 0.